The fourth-order valence-electron chi connectivity index (χ4n) is 2.31. The third kappa shape index (κ3) is 3.55. The Morgan fingerprint density at radius 1 is 1.16 bits per heavy atom. The summed E-state index contributed by atoms with van der Waals surface area (Å²) >= 11 is 12.1. The predicted octanol–water partition coefficient (Wildman–Crippen LogP) is 3.38. The Balaban J connectivity index is 1.92. The maximum absolute atomic E-state index is 12.4. The maximum atomic E-state index is 12.4. The lowest BCUT2D eigenvalue weighted by Gasteiger charge is -2.06. The molecule has 25 heavy (non-hydrogen) atoms. The van der Waals surface area contributed by atoms with Gasteiger partial charge in [-0.25, -0.2) is 10.5 Å². The predicted molar refractivity (Wildman–Crippen MR) is 98.5 cm³/mol. The monoisotopic (exact) mass is 374 g/mol. The van der Waals surface area contributed by atoms with E-state index < -0.39 is 5.91 Å². The van der Waals surface area contributed by atoms with E-state index in [1.165, 1.54) is 0 Å². The van der Waals surface area contributed by atoms with Crippen LogP contribution in [0.5, 0.6) is 0 Å². The van der Waals surface area contributed by atoms with Crippen molar-refractivity contribution in [2.45, 2.75) is 6.92 Å². The second-order valence-corrected chi connectivity index (χ2v) is 6.05. The minimum absolute atomic E-state index is 0.0731. The fraction of sp³-hybridized carbons (Fsp3) is 0.0588. The molecule has 0 aliphatic heterocycles. The van der Waals surface area contributed by atoms with Crippen molar-refractivity contribution in [3.63, 3.8) is 0 Å². The van der Waals surface area contributed by atoms with Gasteiger partial charge in [0.2, 0.25) is 0 Å². The molecule has 3 aromatic rings. The van der Waals surface area contributed by atoms with Gasteiger partial charge in [0, 0.05) is 21.0 Å². The summed E-state index contributed by atoms with van der Waals surface area (Å²) in [7, 11) is 0. The summed E-state index contributed by atoms with van der Waals surface area (Å²) in [5.74, 6) is -0.551. The molecule has 0 aliphatic carbocycles. The van der Waals surface area contributed by atoms with Crippen molar-refractivity contribution in [2.24, 2.45) is 5.10 Å². The average Bonchev–Trinajstić information content (AvgIpc) is 2.62. The van der Waals surface area contributed by atoms with Gasteiger partial charge in [0.15, 0.2) is 5.69 Å². The van der Waals surface area contributed by atoms with E-state index in [1.54, 1.807) is 49.4 Å². The van der Waals surface area contributed by atoms with Crippen molar-refractivity contribution in [2.75, 3.05) is 0 Å². The molecule has 8 heteroatoms. The first-order valence-electron chi connectivity index (χ1n) is 7.25. The molecule has 0 saturated heterocycles. The zero-order chi connectivity index (χ0) is 18.0. The Morgan fingerprint density at radius 2 is 1.88 bits per heavy atom. The highest BCUT2D eigenvalue weighted by atomic mass is 35.5. The molecule has 1 heterocycles. The lowest BCUT2D eigenvalue weighted by atomic mass is 10.1. The highest BCUT2D eigenvalue weighted by Crippen LogP contribution is 2.21. The average molecular weight is 375 g/mol. The summed E-state index contributed by atoms with van der Waals surface area (Å²) in [6.07, 6.45) is 0. The van der Waals surface area contributed by atoms with E-state index in [-0.39, 0.29) is 11.3 Å². The zero-order valence-electron chi connectivity index (χ0n) is 13.0. The number of hydrazone groups is 1. The number of fused-ring (bicyclic) bond motifs is 1. The molecule has 0 atom stereocenters. The molecule has 0 unspecified atom stereocenters. The summed E-state index contributed by atoms with van der Waals surface area (Å²) < 4.78 is 0. The standard InChI is InChI=1S/C17H12Cl2N4O2/c1-9(13-8-10(18)6-7-14(13)19)20-23-17(25)15-11-4-2-3-5-12(11)16(24)22-21-15/h2-8H,1H3,(H,22,24)(H,23,25)/b20-9-. The van der Waals surface area contributed by atoms with E-state index >= 15 is 0 Å². The number of amides is 1. The molecule has 0 aliphatic rings. The number of carbonyl (C=O) groups excluding carboxylic acids is 1. The number of H-pyrrole nitrogens is 1. The van der Waals surface area contributed by atoms with Gasteiger partial charge in [-0.3, -0.25) is 9.59 Å². The number of nitrogens with zero attached hydrogens (tertiary/aromatic N) is 2. The molecule has 126 valence electrons. The summed E-state index contributed by atoms with van der Waals surface area (Å²) in [5, 5.41) is 12.0. The number of hydrogen-bond donors (Lipinski definition) is 2. The number of nitrogens with one attached hydrogen (secondary N) is 2. The molecule has 0 bridgehead atoms. The molecule has 1 aromatic heterocycles. The van der Waals surface area contributed by atoms with Gasteiger partial charge in [0.1, 0.15) is 0 Å². The minimum atomic E-state index is -0.551. The molecule has 0 spiro atoms. The summed E-state index contributed by atoms with van der Waals surface area (Å²) in [6.45, 7) is 1.69. The van der Waals surface area contributed by atoms with E-state index in [4.69, 9.17) is 23.2 Å². The Morgan fingerprint density at radius 3 is 2.64 bits per heavy atom. The fourth-order valence-corrected chi connectivity index (χ4v) is 2.74. The van der Waals surface area contributed by atoms with Gasteiger partial charge >= 0.3 is 0 Å². The maximum Gasteiger partial charge on any atom is 0.292 e. The van der Waals surface area contributed by atoms with Crippen LogP contribution in [-0.4, -0.2) is 21.8 Å². The molecule has 6 nitrogen and oxygen atoms in total. The minimum Gasteiger partial charge on any atom is -0.267 e. The molecular formula is C17H12Cl2N4O2. The largest absolute Gasteiger partial charge is 0.292 e. The quantitative estimate of drug-likeness (QED) is 0.544. The lowest BCUT2D eigenvalue weighted by molar-refractivity contribution is 0.0950. The second-order valence-electron chi connectivity index (χ2n) is 5.21. The van der Waals surface area contributed by atoms with Gasteiger partial charge in [-0.1, -0.05) is 41.4 Å². The Bertz CT molecular complexity index is 1060. The lowest BCUT2D eigenvalue weighted by Crippen LogP contribution is -2.23. The molecular weight excluding hydrogens is 363 g/mol. The van der Waals surface area contributed by atoms with Crippen LogP contribution in [0.3, 0.4) is 0 Å². The molecule has 0 fully saturated rings. The Kier molecular flexibility index (Phi) is 4.83. The number of rotatable bonds is 3. The first kappa shape index (κ1) is 17.1. The number of benzene rings is 2. The van der Waals surface area contributed by atoms with Crippen LogP contribution >= 0.6 is 23.2 Å². The van der Waals surface area contributed by atoms with Gasteiger partial charge in [-0.15, -0.1) is 0 Å². The van der Waals surface area contributed by atoms with Crippen molar-refractivity contribution in [3.05, 3.63) is 74.1 Å². The number of halogens is 2. The molecule has 1 amide bonds. The van der Waals surface area contributed by atoms with Gasteiger partial charge in [-0.05, 0) is 31.2 Å². The van der Waals surface area contributed by atoms with Gasteiger partial charge in [-0.2, -0.15) is 10.2 Å². The van der Waals surface area contributed by atoms with Crippen molar-refractivity contribution in [1.29, 1.82) is 0 Å². The van der Waals surface area contributed by atoms with Crippen LogP contribution in [-0.2, 0) is 0 Å². The highest BCUT2D eigenvalue weighted by molar-refractivity contribution is 6.36. The summed E-state index contributed by atoms with van der Waals surface area (Å²) in [6, 6.07) is 11.7. The number of hydrogen-bond acceptors (Lipinski definition) is 4. The van der Waals surface area contributed by atoms with Crippen LogP contribution in [0.25, 0.3) is 10.8 Å². The van der Waals surface area contributed by atoms with Crippen molar-refractivity contribution in [3.8, 4) is 0 Å². The second kappa shape index (κ2) is 7.04. The first-order chi connectivity index (χ1) is 12.0. The normalized spacial score (nSPS) is 11.6. The van der Waals surface area contributed by atoms with Crippen molar-refractivity contribution < 1.29 is 4.79 Å². The van der Waals surface area contributed by atoms with Gasteiger partial charge in [0.25, 0.3) is 11.5 Å². The molecule has 3 rings (SSSR count). The topological polar surface area (TPSA) is 87.2 Å². The van der Waals surface area contributed by atoms with Gasteiger partial charge in [0.05, 0.1) is 11.1 Å². The molecule has 0 saturated carbocycles. The van der Waals surface area contributed by atoms with E-state index in [1.807, 2.05) is 0 Å². The van der Waals surface area contributed by atoms with Gasteiger partial charge < -0.3 is 0 Å². The van der Waals surface area contributed by atoms with Crippen LogP contribution in [0.1, 0.15) is 23.0 Å². The van der Waals surface area contributed by atoms with Crippen molar-refractivity contribution >= 4 is 45.6 Å². The number of aromatic amines is 1. The molecule has 2 N–H and O–H groups in total. The number of carbonyl (C=O) groups is 1. The van der Waals surface area contributed by atoms with Crippen molar-refractivity contribution in [1.82, 2.24) is 15.6 Å². The van der Waals surface area contributed by atoms with E-state index in [0.717, 1.165) is 0 Å². The van der Waals surface area contributed by atoms with Crippen LogP contribution in [0.2, 0.25) is 10.0 Å². The number of aromatic nitrogens is 2. The van der Waals surface area contributed by atoms with Crippen LogP contribution in [0, 0.1) is 0 Å². The highest BCUT2D eigenvalue weighted by Gasteiger charge is 2.14. The van der Waals surface area contributed by atoms with E-state index in [2.05, 4.69) is 20.7 Å². The third-order valence-electron chi connectivity index (χ3n) is 3.55. The molecule has 2 aromatic carbocycles. The summed E-state index contributed by atoms with van der Waals surface area (Å²) in [4.78, 5) is 24.2. The Labute approximate surface area is 152 Å². The summed E-state index contributed by atoms with van der Waals surface area (Å²) in [5.41, 5.74) is 3.21. The van der Waals surface area contributed by atoms with Crippen LogP contribution in [0.15, 0.2) is 52.4 Å². The SMILES string of the molecule is C/C(=N/NC(=O)c1n[nH]c(=O)c2ccccc12)c1cc(Cl)ccc1Cl. The smallest absolute Gasteiger partial charge is 0.267 e. The van der Waals surface area contributed by atoms with Crippen LogP contribution < -0.4 is 11.0 Å². The molecule has 0 radical (unpaired) electrons. The van der Waals surface area contributed by atoms with Crippen LogP contribution in [0.4, 0.5) is 0 Å². The third-order valence-corrected chi connectivity index (χ3v) is 4.12. The zero-order valence-corrected chi connectivity index (χ0v) is 14.5. The first-order valence-corrected chi connectivity index (χ1v) is 8.00. The van der Waals surface area contributed by atoms with E-state index in [9.17, 15) is 9.59 Å². The van der Waals surface area contributed by atoms with E-state index in [0.29, 0.717) is 32.1 Å². The Hall–Kier alpha value is -2.70.